The molecule has 100 valence electrons. The minimum atomic E-state index is -1.04. The fourth-order valence-corrected chi connectivity index (χ4v) is 1.24. The predicted octanol–water partition coefficient (Wildman–Crippen LogP) is 2.44. The van der Waals surface area contributed by atoms with Gasteiger partial charge in [-0.05, 0) is 12.5 Å². The number of ether oxygens (including phenoxy) is 1. The summed E-state index contributed by atoms with van der Waals surface area (Å²) in [5.41, 5.74) is 3.66. The Balaban J connectivity index is 0.00000137. The summed E-state index contributed by atoms with van der Waals surface area (Å²) in [5.74, 6) is -1.95. The van der Waals surface area contributed by atoms with Crippen LogP contribution in [0.5, 0.6) is 0 Å². The molecule has 2 N–H and O–H groups in total. The number of carbonyl (C=O) groups is 1. The standard InChI is InChI=1S/C9H9FN2O4.C2H6/c1-4-3-5(12(14)15)8(11)6(7(4)10)9(13)16-2;1-2/h3H,11H2,1-2H3;1-2H3. The number of nitro benzene ring substituents is 1. The molecule has 7 heteroatoms. The second-order valence-corrected chi connectivity index (χ2v) is 3.06. The Bertz CT molecular complexity index is 475. The lowest BCUT2D eigenvalue weighted by molar-refractivity contribution is -0.384. The summed E-state index contributed by atoms with van der Waals surface area (Å²) in [7, 11) is 1.04. The first kappa shape index (κ1) is 15.8. The Labute approximate surface area is 104 Å². The number of halogens is 1. The molecule has 1 aromatic carbocycles. The highest BCUT2D eigenvalue weighted by Gasteiger charge is 2.26. The van der Waals surface area contributed by atoms with Crippen molar-refractivity contribution in [3.8, 4) is 0 Å². The second-order valence-electron chi connectivity index (χ2n) is 3.06. The van der Waals surface area contributed by atoms with Crippen molar-refractivity contribution in [1.82, 2.24) is 0 Å². The lowest BCUT2D eigenvalue weighted by Gasteiger charge is -2.07. The number of benzene rings is 1. The summed E-state index contributed by atoms with van der Waals surface area (Å²) >= 11 is 0. The number of nitrogens with zero attached hydrogens (tertiary/aromatic N) is 1. The molecule has 0 aromatic heterocycles. The third-order valence-corrected chi connectivity index (χ3v) is 2.05. The molecule has 0 amide bonds. The summed E-state index contributed by atoms with van der Waals surface area (Å²) in [4.78, 5) is 21.0. The van der Waals surface area contributed by atoms with Gasteiger partial charge in [-0.15, -0.1) is 0 Å². The molecule has 0 aliphatic carbocycles. The zero-order valence-electron chi connectivity index (χ0n) is 10.6. The molecule has 0 spiro atoms. The third kappa shape index (κ3) is 2.93. The Morgan fingerprint density at radius 2 is 2.00 bits per heavy atom. The minimum absolute atomic E-state index is 0.0405. The number of anilines is 1. The zero-order valence-corrected chi connectivity index (χ0v) is 10.6. The van der Waals surface area contributed by atoms with Crippen molar-refractivity contribution < 1.29 is 18.8 Å². The lowest BCUT2D eigenvalue weighted by atomic mass is 10.1. The van der Waals surface area contributed by atoms with Gasteiger partial charge in [-0.3, -0.25) is 10.1 Å². The molecule has 1 rings (SSSR count). The van der Waals surface area contributed by atoms with E-state index in [-0.39, 0.29) is 5.56 Å². The number of carbonyl (C=O) groups excluding carboxylic acids is 1. The highest BCUT2D eigenvalue weighted by atomic mass is 19.1. The number of nitrogen functional groups attached to an aromatic ring is 1. The van der Waals surface area contributed by atoms with Crippen LogP contribution in [0.2, 0.25) is 0 Å². The molecule has 18 heavy (non-hydrogen) atoms. The highest BCUT2D eigenvalue weighted by Crippen LogP contribution is 2.30. The van der Waals surface area contributed by atoms with Crippen LogP contribution in [0.1, 0.15) is 29.8 Å². The van der Waals surface area contributed by atoms with E-state index in [9.17, 15) is 19.3 Å². The molecule has 0 fully saturated rings. The largest absolute Gasteiger partial charge is 0.465 e. The minimum Gasteiger partial charge on any atom is -0.465 e. The number of methoxy groups -OCH3 is 1. The first-order valence-corrected chi connectivity index (χ1v) is 5.21. The average molecular weight is 258 g/mol. The van der Waals surface area contributed by atoms with Crippen molar-refractivity contribution in [3.63, 3.8) is 0 Å². The van der Waals surface area contributed by atoms with E-state index in [1.807, 2.05) is 13.8 Å². The van der Waals surface area contributed by atoms with Crippen LogP contribution in [0.4, 0.5) is 15.8 Å². The SMILES string of the molecule is CC.COC(=O)c1c(N)c([N+](=O)[O-])cc(C)c1F. The van der Waals surface area contributed by atoms with Gasteiger partial charge in [-0.25, -0.2) is 9.18 Å². The van der Waals surface area contributed by atoms with Crippen molar-refractivity contribution in [1.29, 1.82) is 0 Å². The molecule has 6 nitrogen and oxygen atoms in total. The summed E-state index contributed by atoms with van der Waals surface area (Å²) in [6.45, 7) is 5.30. The lowest BCUT2D eigenvalue weighted by Crippen LogP contribution is -2.12. The Morgan fingerprint density at radius 1 is 1.50 bits per heavy atom. The van der Waals surface area contributed by atoms with Crippen LogP contribution in [-0.4, -0.2) is 18.0 Å². The molecule has 0 atom stereocenters. The molecule has 0 aliphatic heterocycles. The van der Waals surface area contributed by atoms with Gasteiger partial charge in [0.2, 0.25) is 0 Å². The van der Waals surface area contributed by atoms with Crippen LogP contribution < -0.4 is 5.73 Å². The highest BCUT2D eigenvalue weighted by molar-refractivity contribution is 5.98. The Hall–Kier alpha value is -2.18. The van der Waals surface area contributed by atoms with E-state index < -0.39 is 33.6 Å². The quantitative estimate of drug-likeness (QED) is 0.380. The molecule has 0 bridgehead atoms. The van der Waals surface area contributed by atoms with Gasteiger partial charge in [-0.2, -0.15) is 0 Å². The molecular formula is C11H15FN2O4. The molecule has 0 saturated heterocycles. The first-order valence-electron chi connectivity index (χ1n) is 5.21. The van der Waals surface area contributed by atoms with Gasteiger partial charge in [0.1, 0.15) is 17.1 Å². The number of nitrogens with two attached hydrogens (primary N) is 1. The summed E-state index contributed by atoms with van der Waals surface area (Å²) < 4.78 is 17.8. The predicted molar refractivity (Wildman–Crippen MR) is 64.9 cm³/mol. The molecule has 0 unspecified atom stereocenters. The van der Waals surface area contributed by atoms with Crippen LogP contribution in [0, 0.1) is 22.9 Å². The van der Waals surface area contributed by atoms with Gasteiger partial charge in [-0.1, -0.05) is 13.8 Å². The maximum absolute atomic E-state index is 13.5. The average Bonchev–Trinajstić information content (AvgIpc) is 2.35. The van der Waals surface area contributed by atoms with E-state index in [4.69, 9.17) is 5.73 Å². The smallest absolute Gasteiger partial charge is 0.343 e. The third-order valence-electron chi connectivity index (χ3n) is 2.05. The molecular weight excluding hydrogens is 243 g/mol. The second kappa shape index (κ2) is 6.53. The number of aryl methyl sites for hydroxylation is 1. The van der Waals surface area contributed by atoms with Crippen molar-refractivity contribution in [2.45, 2.75) is 20.8 Å². The molecule has 0 saturated carbocycles. The topological polar surface area (TPSA) is 95.5 Å². The van der Waals surface area contributed by atoms with E-state index in [1.165, 1.54) is 6.92 Å². The van der Waals surface area contributed by atoms with Crippen molar-refractivity contribution in [2.75, 3.05) is 12.8 Å². The van der Waals surface area contributed by atoms with Crippen molar-refractivity contribution in [2.24, 2.45) is 0 Å². The van der Waals surface area contributed by atoms with Gasteiger partial charge >= 0.3 is 5.97 Å². The molecule has 0 heterocycles. The number of esters is 1. The molecule has 1 aromatic rings. The van der Waals surface area contributed by atoms with Crippen LogP contribution >= 0.6 is 0 Å². The van der Waals surface area contributed by atoms with E-state index in [0.717, 1.165) is 13.2 Å². The van der Waals surface area contributed by atoms with Crippen LogP contribution in [-0.2, 0) is 4.74 Å². The fourth-order valence-electron chi connectivity index (χ4n) is 1.24. The van der Waals surface area contributed by atoms with Gasteiger partial charge in [0, 0.05) is 6.07 Å². The summed E-state index contributed by atoms with van der Waals surface area (Å²) in [6, 6.07) is 0.969. The summed E-state index contributed by atoms with van der Waals surface area (Å²) in [6.07, 6.45) is 0. The number of hydrogen-bond acceptors (Lipinski definition) is 5. The Kier molecular flexibility index (Phi) is 5.74. The van der Waals surface area contributed by atoms with E-state index >= 15 is 0 Å². The van der Waals surface area contributed by atoms with E-state index in [1.54, 1.807) is 0 Å². The Morgan fingerprint density at radius 3 is 2.39 bits per heavy atom. The van der Waals surface area contributed by atoms with Gasteiger partial charge in [0.05, 0.1) is 12.0 Å². The monoisotopic (exact) mass is 258 g/mol. The zero-order chi connectivity index (χ0) is 14.5. The van der Waals surface area contributed by atoms with Crippen LogP contribution in [0.25, 0.3) is 0 Å². The maximum atomic E-state index is 13.5. The first-order chi connectivity index (χ1) is 8.40. The fraction of sp³-hybridized carbons (Fsp3) is 0.364. The van der Waals surface area contributed by atoms with Gasteiger partial charge in [0.25, 0.3) is 5.69 Å². The molecule has 0 aliphatic rings. The van der Waals surface area contributed by atoms with E-state index in [0.29, 0.717) is 0 Å². The van der Waals surface area contributed by atoms with Gasteiger partial charge < -0.3 is 10.5 Å². The van der Waals surface area contributed by atoms with Crippen LogP contribution in [0.15, 0.2) is 6.07 Å². The summed E-state index contributed by atoms with van der Waals surface area (Å²) in [5, 5.41) is 10.6. The molecule has 0 radical (unpaired) electrons. The normalized spacial score (nSPS) is 9.17. The number of hydrogen-bond donors (Lipinski definition) is 1. The number of rotatable bonds is 2. The van der Waals surface area contributed by atoms with Gasteiger partial charge in [0.15, 0.2) is 0 Å². The van der Waals surface area contributed by atoms with Crippen molar-refractivity contribution in [3.05, 3.63) is 33.1 Å². The van der Waals surface area contributed by atoms with Crippen LogP contribution in [0.3, 0.4) is 0 Å². The number of nitro groups is 1. The maximum Gasteiger partial charge on any atom is 0.343 e. The van der Waals surface area contributed by atoms with Crippen molar-refractivity contribution >= 4 is 17.3 Å². The van der Waals surface area contributed by atoms with E-state index in [2.05, 4.69) is 4.74 Å².